The van der Waals surface area contributed by atoms with Crippen LogP contribution in [0.15, 0.2) is 42.1 Å². The second-order valence-electron chi connectivity index (χ2n) is 7.68. The quantitative estimate of drug-likeness (QED) is 0.396. The van der Waals surface area contributed by atoms with E-state index >= 15 is 0 Å². The molecule has 1 saturated heterocycles. The first-order chi connectivity index (χ1) is 14.9. The van der Waals surface area contributed by atoms with Crippen molar-refractivity contribution in [2.45, 2.75) is 44.8 Å². The zero-order chi connectivity index (χ0) is 22.0. The number of halogens is 3. The highest BCUT2D eigenvalue weighted by atomic mass is 35.5. The molecule has 0 bridgehead atoms. The third kappa shape index (κ3) is 5.00. The summed E-state index contributed by atoms with van der Waals surface area (Å²) >= 11 is 18.7. The van der Waals surface area contributed by atoms with Crippen LogP contribution < -0.4 is 10.1 Å². The van der Waals surface area contributed by atoms with Crippen LogP contribution in [0.4, 0.5) is 4.79 Å². The van der Waals surface area contributed by atoms with E-state index in [1.165, 1.54) is 4.90 Å². The number of amides is 3. The normalized spacial score (nSPS) is 18.5. The molecule has 2 aliphatic rings. The van der Waals surface area contributed by atoms with Crippen molar-refractivity contribution in [1.82, 2.24) is 10.2 Å². The van der Waals surface area contributed by atoms with Gasteiger partial charge in [-0.25, -0.2) is 4.79 Å². The predicted molar refractivity (Wildman–Crippen MR) is 122 cm³/mol. The van der Waals surface area contributed by atoms with Gasteiger partial charge in [0.25, 0.3) is 5.91 Å². The minimum absolute atomic E-state index is 0.0389. The Morgan fingerprint density at radius 1 is 1.00 bits per heavy atom. The van der Waals surface area contributed by atoms with Gasteiger partial charge in [-0.05, 0) is 54.3 Å². The molecule has 2 aromatic carbocycles. The molecule has 1 aliphatic carbocycles. The van der Waals surface area contributed by atoms with Crippen molar-refractivity contribution < 1.29 is 14.3 Å². The van der Waals surface area contributed by atoms with Crippen LogP contribution >= 0.6 is 34.8 Å². The highest BCUT2D eigenvalue weighted by Gasteiger charge is 2.38. The van der Waals surface area contributed by atoms with E-state index in [2.05, 4.69) is 5.32 Å². The second kappa shape index (κ2) is 9.51. The molecule has 5 nitrogen and oxygen atoms in total. The highest BCUT2D eigenvalue weighted by molar-refractivity contribution is 6.37. The van der Waals surface area contributed by atoms with Crippen molar-refractivity contribution in [3.63, 3.8) is 0 Å². The number of urea groups is 1. The van der Waals surface area contributed by atoms with Crippen molar-refractivity contribution in [3.8, 4) is 5.75 Å². The van der Waals surface area contributed by atoms with Crippen molar-refractivity contribution in [2.75, 3.05) is 0 Å². The molecule has 0 spiro atoms. The minimum Gasteiger partial charge on any atom is -0.486 e. The molecular formula is C23H21Cl3N2O3. The molecule has 1 heterocycles. The Morgan fingerprint density at radius 3 is 2.29 bits per heavy atom. The molecule has 3 amide bonds. The van der Waals surface area contributed by atoms with E-state index in [-0.39, 0.29) is 30.3 Å². The van der Waals surface area contributed by atoms with Gasteiger partial charge >= 0.3 is 6.03 Å². The maximum absolute atomic E-state index is 12.8. The SMILES string of the molecule is O=C1N/C(=C\c2cc(Cl)c(OCc3ccc(Cl)cc3)c(Cl)c2)C(=O)N1C1CCCCC1. The Kier molecular flexibility index (Phi) is 6.75. The Hall–Kier alpha value is -2.21. The largest absolute Gasteiger partial charge is 0.486 e. The summed E-state index contributed by atoms with van der Waals surface area (Å²) < 4.78 is 5.78. The fraction of sp³-hybridized carbons (Fsp3) is 0.304. The first-order valence-electron chi connectivity index (χ1n) is 10.1. The first-order valence-corrected chi connectivity index (χ1v) is 11.3. The molecule has 0 aromatic heterocycles. The molecule has 0 atom stereocenters. The van der Waals surface area contributed by atoms with Gasteiger partial charge in [0.05, 0.1) is 10.0 Å². The molecular weight excluding hydrogens is 459 g/mol. The number of nitrogens with one attached hydrogen (secondary N) is 1. The molecule has 1 aliphatic heterocycles. The van der Waals surface area contributed by atoms with Crippen molar-refractivity contribution in [2.24, 2.45) is 0 Å². The van der Waals surface area contributed by atoms with E-state index in [0.717, 1.165) is 37.7 Å². The van der Waals surface area contributed by atoms with Gasteiger partial charge in [0.1, 0.15) is 12.3 Å². The number of hydrogen-bond acceptors (Lipinski definition) is 3. The summed E-state index contributed by atoms with van der Waals surface area (Å²) in [5, 5.41) is 3.95. The van der Waals surface area contributed by atoms with Gasteiger partial charge in [-0.15, -0.1) is 0 Å². The van der Waals surface area contributed by atoms with Crippen LogP contribution in [-0.4, -0.2) is 22.9 Å². The fourth-order valence-corrected chi connectivity index (χ4v) is 4.66. The Morgan fingerprint density at radius 2 is 1.65 bits per heavy atom. The average Bonchev–Trinajstić information content (AvgIpc) is 3.02. The molecule has 2 fully saturated rings. The Bertz CT molecular complexity index is 1010. The van der Waals surface area contributed by atoms with E-state index in [4.69, 9.17) is 39.5 Å². The maximum Gasteiger partial charge on any atom is 0.329 e. The summed E-state index contributed by atoms with van der Waals surface area (Å²) in [6.07, 6.45) is 6.50. The molecule has 31 heavy (non-hydrogen) atoms. The lowest BCUT2D eigenvalue weighted by Crippen LogP contribution is -2.41. The van der Waals surface area contributed by atoms with Crippen LogP contribution in [0.25, 0.3) is 6.08 Å². The molecule has 162 valence electrons. The van der Waals surface area contributed by atoms with Gasteiger partial charge < -0.3 is 10.1 Å². The predicted octanol–water partition coefficient (Wildman–Crippen LogP) is 6.45. The number of imide groups is 1. The summed E-state index contributed by atoms with van der Waals surface area (Å²) in [6, 6.07) is 10.2. The number of carbonyl (C=O) groups excluding carboxylic acids is 2. The van der Waals surface area contributed by atoms with E-state index in [1.54, 1.807) is 30.3 Å². The zero-order valence-corrected chi connectivity index (χ0v) is 18.9. The fourth-order valence-electron chi connectivity index (χ4n) is 3.92. The van der Waals surface area contributed by atoms with E-state index in [0.29, 0.717) is 26.4 Å². The molecule has 8 heteroatoms. The van der Waals surface area contributed by atoms with E-state index < -0.39 is 0 Å². The van der Waals surface area contributed by atoms with Crippen LogP contribution in [0.5, 0.6) is 5.75 Å². The van der Waals surface area contributed by atoms with Crippen LogP contribution in [-0.2, 0) is 11.4 Å². The van der Waals surface area contributed by atoms with Gasteiger partial charge in [-0.2, -0.15) is 0 Å². The summed E-state index contributed by atoms with van der Waals surface area (Å²) in [7, 11) is 0. The molecule has 1 saturated carbocycles. The van der Waals surface area contributed by atoms with E-state index in [1.807, 2.05) is 12.1 Å². The monoisotopic (exact) mass is 478 g/mol. The minimum atomic E-state index is -0.372. The number of hydrogen-bond donors (Lipinski definition) is 1. The summed E-state index contributed by atoms with van der Waals surface area (Å²) in [5.74, 6) is 0.0401. The summed E-state index contributed by atoms with van der Waals surface area (Å²) in [5.41, 5.74) is 1.74. The van der Waals surface area contributed by atoms with Gasteiger partial charge in [0.15, 0.2) is 5.75 Å². The van der Waals surface area contributed by atoms with E-state index in [9.17, 15) is 9.59 Å². The first kappa shape index (κ1) is 22.0. The zero-order valence-electron chi connectivity index (χ0n) is 16.7. The molecule has 4 rings (SSSR count). The van der Waals surface area contributed by atoms with Crippen molar-refractivity contribution in [3.05, 3.63) is 68.3 Å². The Labute approximate surface area is 195 Å². The lowest BCUT2D eigenvalue weighted by atomic mass is 9.94. The molecule has 0 unspecified atom stereocenters. The molecule has 1 N–H and O–H groups in total. The number of benzene rings is 2. The second-order valence-corrected chi connectivity index (χ2v) is 8.93. The number of nitrogens with zero attached hydrogens (tertiary/aromatic N) is 1. The van der Waals surface area contributed by atoms with Crippen LogP contribution in [0.1, 0.15) is 43.2 Å². The number of ether oxygens (including phenoxy) is 1. The van der Waals surface area contributed by atoms with Crippen molar-refractivity contribution >= 4 is 52.8 Å². The van der Waals surface area contributed by atoms with Gasteiger partial charge in [0.2, 0.25) is 0 Å². The van der Waals surface area contributed by atoms with Gasteiger partial charge in [-0.1, -0.05) is 66.2 Å². The smallest absolute Gasteiger partial charge is 0.329 e. The molecule has 0 radical (unpaired) electrons. The third-order valence-corrected chi connectivity index (χ3v) is 6.29. The number of carbonyl (C=O) groups is 2. The topological polar surface area (TPSA) is 58.6 Å². The molecule has 2 aromatic rings. The van der Waals surface area contributed by atoms with Gasteiger partial charge in [0, 0.05) is 11.1 Å². The standard InChI is InChI=1S/C23H21Cl3N2O3/c24-16-8-6-14(7-9-16)13-31-21-18(25)10-15(11-19(21)26)12-20-22(29)28(23(30)27-20)17-4-2-1-3-5-17/h6-12,17H,1-5,13H2,(H,27,30)/b20-12-. The van der Waals surface area contributed by atoms with Gasteiger partial charge in [-0.3, -0.25) is 9.69 Å². The average molecular weight is 480 g/mol. The lowest BCUT2D eigenvalue weighted by Gasteiger charge is -2.28. The van der Waals surface area contributed by atoms with Crippen LogP contribution in [0, 0.1) is 0 Å². The lowest BCUT2D eigenvalue weighted by molar-refractivity contribution is -0.124. The van der Waals surface area contributed by atoms with Crippen LogP contribution in [0.2, 0.25) is 15.1 Å². The summed E-state index contributed by atoms with van der Waals surface area (Å²) in [4.78, 5) is 26.5. The van der Waals surface area contributed by atoms with Crippen molar-refractivity contribution in [1.29, 1.82) is 0 Å². The van der Waals surface area contributed by atoms with Crippen LogP contribution in [0.3, 0.4) is 0 Å². The number of rotatable bonds is 5. The summed E-state index contributed by atoms with van der Waals surface area (Å²) in [6.45, 7) is 0.280. The highest BCUT2D eigenvalue weighted by Crippen LogP contribution is 2.36. The maximum atomic E-state index is 12.8. The third-order valence-electron chi connectivity index (χ3n) is 5.48. The Balaban J connectivity index is 1.49.